The van der Waals surface area contributed by atoms with Crippen molar-refractivity contribution < 1.29 is 23.5 Å². The van der Waals surface area contributed by atoms with Crippen LogP contribution in [0.1, 0.15) is 22.0 Å². The minimum Gasteiger partial charge on any atom is -0.477 e. The molecule has 0 saturated carbocycles. The number of aliphatic carboxylic acids is 1. The number of amides is 1. The average molecular weight is 396 g/mol. The Balaban J connectivity index is 1.76. The molecule has 1 aromatic heterocycles. The maximum atomic E-state index is 14.4. The second kappa shape index (κ2) is 7.19. The summed E-state index contributed by atoms with van der Waals surface area (Å²) < 4.78 is 28.9. The van der Waals surface area contributed by atoms with E-state index in [1.165, 1.54) is 23.0 Å². The van der Waals surface area contributed by atoms with Gasteiger partial charge >= 0.3 is 5.97 Å². The van der Waals surface area contributed by atoms with Crippen molar-refractivity contribution in [3.8, 4) is 0 Å². The van der Waals surface area contributed by atoms with Crippen molar-refractivity contribution >= 4 is 23.4 Å². The lowest BCUT2D eigenvalue weighted by Crippen LogP contribution is -2.26. The number of nitrogens with one attached hydrogen (secondary N) is 2. The molecule has 0 spiro atoms. The molecule has 7 nitrogen and oxygen atoms in total. The van der Waals surface area contributed by atoms with E-state index in [0.29, 0.717) is 11.8 Å². The van der Waals surface area contributed by atoms with Gasteiger partial charge in [-0.05, 0) is 24.3 Å². The second-order valence-corrected chi connectivity index (χ2v) is 6.29. The first-order valence-corrected chi connectivity index (χ1v) is 8.55. The molecule has 1 atom stereocenters. The largest absolute Gasteiger partial charge is 0.477 e. The third kappa shape index (κ3) is 3.45. The molecule has 2 aromatic carbocycles. The number of hydrogen-bond acceptors (Lipinski definition) is 4. The molecule has 0 radical (unpaired) electrons. The molecule has 0 saturated heterocycles. The number of rotatable bonds is 4. The third-order valence-electron chi connectivity index (χ3n) is 4.42. The highest BCUT2D eigenvalue weighted by atomic mass is 19.1. The molecule has 9 heteroatoms. The first kappa shape index (κ1) is 18.4. The van der Waals surface area contributed by atoms with Gasteiger partial charge in [-0.25, -0.2) is 18.3 Å². The summed E-state index contributed by atoms with van der Waals surface area (Å²) in [5, 5.41) is 18.9. The first-order chi connectivity index (χ1) is 13.9. The van der Waals surface area contributed by atoms with E-state index in [2.05, 4.69) is 15.7 Å². The number of para-hydroxylation sites is 1. The Morgan fingerprint density at radius 1 is 1.14 bits per heavy atom. The maximum absolute atomic E-state index is 14.4. The van der Waals surface area contributed by atoms with Crippen LogP contribution < -0.4 is 10.6 Å². The van der Waals surface area contributed by atoms with Crippen molar-refractivity contribution in [1.29, 1.82) is 0 Å². The van der Waals surface area contributed by atoms with E-state index < -0.39 is 29.6 Å². The molecule has 3 N–H and O–H groups in total. The van der Waals surface area contributed by atoms with E-state index in [1.807, 2.05) is 0 Å². The summed E-state index contributed by atoms with van der Waals surface area (Å²) in [5.41, 5.74) is 0.392. The van der Waals surface area contributed by atoms with Gasteiger partial charge in [-0.2, -0.15) is 5.10 Å². The highest BCUT2D eigenvalue weighted by molar-refractivity contribution is 6.08. The number of carbonyl (C=O) groups is 2. The molecule has 2 heterocycles. The standard InChI is InChI=1S/C20H14F2N4O3/c21-11-6-7-13(15(22)8-11)17-9-16(20(28)29)25-18-14(10-23-26(17)18)19(27)24-12-4-2-1-3-5-12/h1-10,17,25H,(H,24,27)(H,28,29). The molecule has 29 heavy (non-hydrogen) atoms. The van der Waals surface area contributed by atoms with Gasteiger partial charge in [0.1, 0.15) is 34.8 Å². The number of anilines is 2. The predicted molar refractivity (Wildman–Crippen MR) is 100 cm³/mol. The van der Waals surface area contributed by atoms with Crippen molar-refractivity contribution in [2.75, 3.05) is 10.6 Å². The van der Waals surface area contributed by atoms with Gasteiger partial charge < -0.3 is 15.7 Å². The smallest absolute Gasteiger partial charge is 0.352 e. The van der Waals surface area contributed by atoms with Gasteiger partial charge in [0, 0.05) is 17.3 Å². The molecule has 1 aliphatic rings. The molecular formula is C20H14F2N4O3. The Hall–Kier alpha value is -4.01. The lowest BCUT2D eigenvalue weighted by atomic mass is 10.0. The summed E-state index contributed by atoms with van der Waals surface area (Å²) >= 11 is 0. The molecule has 0 fully saturated rings. The Bertz CT molecular complexity index is 1140. The van der Waals surface area contributed by atoms with Crippen LogP contribution in [-0.2, 0) is 4.79 Å². The van der Waals surface area contributed by atoms with Crippen LogP contribution in [0.15, 0.2) is 66.5 Å². The fourth-order valence-corrected chi connectivity index (χ4v) is 3.07. The lowest BCUT2D eigenvalue weighted by Gasteiger charge is -2.24. The number of hydrogen-bond donors (Lipinski definition) is 3. The summed E-state index contributed by atoms with van der Waals surface area (Å²) in [6, 6.07) is 10.7. The van der Waals surface area contributed by atoms with Gasteiger partial charge in [0.2, 0.25) is 0 Å². The van der Waals surface area contributed by atoms with Crippen molar-refractivity contribution in [3.05, 3.63) is 89.3 Å². The highest BCUT2D eigenvalue weighted by Gasteiger charge is 2.30. The number of benzene rings is 2. The van der Waals surface area contributed by atoms with Crippen LogP contribution in [0.5, 0.6) is 0 Å². The maximum Gasteiger partial charge on any atom is 0.352 e. The third-order valence-corrected chi connectivity index (χ3v) is 4.42. The van der Waals surface area contributed by atoms with Gasteiger partial charge in [-0.15, -0.1) is 0 Å². The Kier molecular flexibility index (Phi) is 4.55. The van der Waals surface area contributed by atoms with Crippen LogP contribution in [0.25, 0.3) is 0 Å². The van der Waals surface area contributed by atoms with E-state index in [1.54, 1.807) is 30.3 Å². The second-order valence-electron chi connectivity index (χ2n) is 6.29. The van der Waals surface area contributed by atoms with Gasteiger partial charge in [0.25, 0.3) is 5.91 Å². The number of carbonyl (C=O) groups excluding carboxylic acids is 1. The fourth-order valence-electron chi connectivity index (χ4n) is 3.07. The van der Waals surface area contributed by atoms with E-state index in [4.69, 9.17) is 0 Å². The summed E-state index contributed by atoms with van der Waals surface area (Å²) in [6.45, 7) is 0. The fraction of sp³-hybridized carbons (Fsp3) is 0.0500. The molecule has 4 rings (SSSR count). The van der Waals surface area contributed by atoms with Crippen LogP contribution in [0.2, 0.25) is 0 Å². The topological polar surface area (TPSA) is 96.2 Å². The molecule has 0 bridgehead atoms. The molecule has 1 unspecified atom stereocenters. The summed E-state index contributed by atoms with van der Waals surface area (Å²) in [7, 11) is 0. The van der Waals surface area contributed by atoms with Crippen molar-refractivity contribution in [1.82, 2.24) is 9.78 Å². The molecule has 146 valence electrons. The molecule has 0 aliphatic carbocycles. The van der Waals surface area contributed by atoms with Crippen molar-refractivity contribution in [3.63, 3.8) is 0 Å². The lowest BCUT2D eigenvalue weighted by molar-refractivity contribution is -0.132. The zero-order valence-electron chi connectivity index (χ0n) is 14.8. The van der Waals surface area contributed by atoms with Crippen molar-refractivity contribution in [2.45, 2.75) is 6.04 Å². The Morgan fingerprint density at radius 3 is 2.59 bits per heavy atom. The van der Waals surface area contributed by atoms with Gasteiger partial charge in [0.15, 0.2) is 0 Å². The number of carboxylic acids is 1. The average Bonchev–Trinajstić information content (AvgIpc) is 3.12. The normalized spacial score (nSPS) is 15.1. The number of aromatic nitrogens is 2. The van der Waals surface area contributed by atoms with Crippen LogP contribution in [-0.4, -0.2) is 26.8 Å². The zero-order chi connectivity index (χ0) is 20.5. The molecular weight excluding hydrogens is 382 g/mol. The van der Waals surface area contributed by atoms with E-state index in [9.17, 15) is 23.5 Å². The van der Waals surface area contributed by atoms with Crippen LogP contribution in [0, 0.1) is 11.6 Å². The summed E-state index contributed by atoms with van der Waals surface area (Å²) in [5.74, 6) is -3.33. The van der Waals surface area contributed by atoms with E-state index in [0.717, 1.165) is 6.07 Å². The molecule has 1 amide bonds. The number of fused-ring (bicyclic) bond motifs is 1. The Labute approximate surface area is 163 Å². The monoisotopic (exact) mass is 396 g/mol. The molecule has 3 aromatic rings. The zero-order valence-corrected chi connectivity index (χ0v) is 14.8. The number of nitrogens with zero attached hydrogens (tertiary/aromatic N) is 2. The minimum atomic E-state index is -1.29. The quantitative estimate of drug-likeness (QED) is 0.628. The van der Waals surface area contributed by atoms with E-state index >= 15 is 0 Å². The SMILES string of the molecule is O=C(O)C1=CC(c2ccc(F)cc2F)n2ncc(C(=O)Nc3ccccc3)c2N1. The summed E-state index contributed by atoms with van der Waals surface area (Å²) in [4.78, 5) is 24.2. The van der Waals surface area contributed by atoms with Crippen LogP contribution >= 0.6 is 0 Å². The summed E-state index contributed by atoms with van der Waals surface area (Å²) in [6.07, 6.45) is 2.51. The molecule has 1 aliphatic heterocycles. The predicted octanol–water partition coefficient (Wildman–Crippen LogP) is 3.40. The van der Waals surface area contributed by atoms with Crippen molar-refractivity contribution in [2.24, 2.45) is 0 Å². The van der Waals surface area contributed by atoms with Gasteiger partial charge in [-0.1, -0.05) is 24.3 Å². The number of carboxylic acid groups (broad SMARTS) is 1. The van der Waals surface area contributed by atoms with Gasteiger partial charge in [0.05, 0.1) is 6.20 Å². The number of halogens is 2. The van der Waals surface area contributed by atoms with E-state index in [-0.39, 0.29) is 22.6 Å². The Morgan fingerprint density at radius 2 is 1.90 bits per heavy atom. The number of allylic oxidation sites excluding steroid dienone is 1. The van der Waals surface area contributed by atoms with Crippen LogP contribution in [0.4, 0.5) is 20.3 Å². The van der Waals surface area contributed by atoms with Gasteiger partial charge in [-0.3, -0.25) is 4.79 Å². The highest BCUT2D eigenvalue weighted by Crippen LogP contribution is 2.33. The van der Waals surface area contributed by atoms with Crippen LogP contribution in [0.3, 0.4) is 0 Å². The first-order valence-electron chi connectivity index (χ1n) is 8.55. The minimum absolute atomic E-state index is 0.0195.